The molecule has 0 radical (unpaired) electrons. The van der Waals surface area contributed by atoms with Crippen LogP contribution in [0, 0.1) is 5.92 Å². The molecule has 0 N–H and O–H groups in total. The monoisotopic (exact) mass is 255 g/mol. The predicted molar refractivity (Wildman–Crippen MR) is 78.3 cm³/mol. The molecule has 3 rings (SSSR count). The number of carbonyl (C=O) groups is 1. The first-order valence-electron chi connectivity index (χ1n) is 7.29. The minimum absolute atomic E-state index is 0.227. The first-order valence-corrected chi connectivity index (χ1v) is 7.29. The summed E-state index contributed by atoms with van der Waals surface area (Å²) in [6.45, 7) is 2.80. The molecule has 1 aromatic carbocycles. The van der Waals surface area contributed by atoms with Gasteiger partial charge < -0.3 is 4.57 Å². The van der Waals surface area contributed by atoms with Gasteiger partial charge in [0.05, 0.1) is 0 Å². The van der Waals surface area contributed by atoms with Crippen LogP contribution in [-0.2, 0) is 17.8 Å². The molecule has 1 saturated carbocycles. The van der Waals surface area contributed by atoms with Crippen molar-refractivity contribution in [3.63, 3.8) is 0 Å². The molecule has 1 aliphatic carbocycles. The van der Waals surface area contributed by atoms with Crippen LogP contribution in [0.15, 0.2) is 30.5 Å². The number of Topliss-reactive ketones (excluding diaryl/α,β-unsaturated/α-hetero) is 1. The highest BCUT2D eigenvalue weighted by Crippen LogP contribution is 2.28. The molecule has 0 bridgehead atoms. The molecule has 0 unspecified atom stereocenters. The van der Waals surface area contributed by atoms with Gasteiger partial charge in [0.15, 0.2) is 0 Å². The molecular formula is C17H21NO. The standard InChI is InChI=1S/C17H21NO/c1-13(19)10-15-6-7-17-16(11-15)8-9-18(17)12-14-4-2-3-5-14/h6-9,11,14H,2-5,10,12H2,1H3. The lowest BCUT2D eigenvalue weighted by Crippen LogP contribution is -2.06. The van der Waals surface area contributed by atoms with E-state index in [1.54, 1.807) is 6.92 Å². The number of carbonyl (C=O) groups excluding carboxylic acids is 1. The fourth-order valence-corrected chi connectivity index (χ4v) is 3.28. The van der Waals surface area contributed by atoms with Crippen molar-refractivity contribution >= 4 is 16.7 Å². The van der Waals surface area contributed by atoms with Crippen molar-refractivity contribution in [3.05, 3.63) is 36.0 Å². The molecular weight excluding hydrogens is 234 g/mol. The van der Waals surface area contributed by atoms with Crippen LogP contribution in [0.25, 0.3) is 10.9 Å². The topological polar surface area (TPSA) is 22.0 Å². The van der Waals surface area contributed by atoms with Gasteiger partial charge in [0.2, 0.25) is 0 Å². The van der Waals surface area contributed by atoms with E-state index in [0.717, 1.165) is 18.0 Å². The van der Waals surface area contributed by atoms with Crippen LogP contribution in [-0.4, -0.2) is 10.4 Å². The first kappa shape index (κ1) is 12.5. The number of fused-ring (bicyclic) bond motifs is 1. The lowest BCUT2D eigenvalue weighted by atomic mass is 10.1. The van der Waals surface area contributed by atoms with E-state index in [-0.39, 0.29) is 5.78 Å². The molecule has 2 nitrogen and oxygen atoms in total. The van der Waals surface area contributed by atoms with Crippen molar-refractivity contribution in [3.8, 4) is 0 Å². The van der Waals surface area contributed by atoms with Crippen molar-refractivity contribution in [1.29, 1.82) is 0 Å². The third-order valence-electron chi connectivity index (χ3n) is 4.22. The molecule has 19 heavy (non-hydrogen) atoms. The zero-order valence-corrected chi connectivity index (χ0v) is 11.6. The zero-order chi connectivity index (χ0) is 13.2. The molecule has 1 heterocycles. The first-order chi connectivity index (χ1) is 9.22. The Morgan fingerprint density at radius 2 is 2.05 bits per heavy atom. The maximum atomic E-state index is 11.2. The second-order valence-electron chi connectivity index (χ2n) is 5.89. The van der Waals surface area contributed by atoms with E-state index in [4.69, 9.17) is 0 Å². The Balaban J connectivity index is 1.84. The van der Waals surface area contributed by atoms with Crippen LogP contribution in [0.1, 0.15) is 38.2 Å². The molecule has 1 fully saturated rings. The van der Waals surface area contributed by atoms with Gasteiger partial charge in [0.25, 0.3) is 0 Å². The summed E-state index contributed by atoms with van der Waals surface area (Å²) in [5, 5.41) is 1.26. The Kier molecular flexibility index (Phi) is 3.41. The Morgan fingerprint density at radius 1 is 1.26 bits per heavy atom. The molecule has 1 aromatic heterocycles. The Bertz CT molecular complexity index is 590. The molecule has 2 aromatic rings. The number of benzene rings is 1. The largest absolute Gasteiger partial charge is 0.347 e. The second kappa shape index (κ2) is 5.20. The highest BCUT2D eigenvalue weighted by Gasteiger charge is 2.16. The van der Waals surface area contributed by atoms with Crippen LogP contribution in [0.2, 0.25) is 0 Å². The summed E-state index contributed by atoms with van der Waals surface area (Å²) in [4.78, 5) is 11.2. The molecule has 100 valence electrons. The molecule has 0 aliphatic heterocycles. The summed E-state index contributed by atoms with van der Waals surface area (Å²) in [6.07, 6.45) is 8.29. The third kappa shape index (κ3) is 2.73. The number of hydrogen-bond donors (Lipinski definition) is 0. The summed E-state index contributed by atoms with van der Waals surface area (Å²) in [6, 6.07) is 8.59. The maximum absolute atomic E-state index is 11.2. The van der Waals surface area contributed by atoms with Gasteiger partial charge in [0, 0.05) is 24.7 Å². The van der Waals surface area contributed by atoms with E-state index in [0.29, 0.717) is 6.42 Å². The number of rotatable bonds is 4. The van der Waals surface area contributed by atoms with Crippen molar-refractivity contribution in [2.45, 2.75) is 45.6 Å². The fraction of sp³-hybridized carbons (Fsp3) is 0.471. The number of nitrogens with zero attached hydrogens (tertiary/aromatic N) is 1. The van der Waals surface area contributed by atoms with Gasteiger partial charge in [-0.1, -0.05) is 18.9 Å². The lowest BCUT2D eigenvalue weighted by molar-refractivity contribution is -0.116. The maximum Gasteiger partial charge on any atom is 0.134 e. The highest BCUT2D eigenvalue weighted by molar-refractivity contribution is 5.84. The van der Waals surface area contributed by atoms with Gasteiger partial charge in [-0.2, -0.15) is 0 Å². The van der Waals surface area contributed by atoms with Crippen molar-refractivity contribution in [1.82, 2.24) is 4.57 Å². The van der Waals surface area contributed by atoms with Crippen LogP contribution < -0.4 is 0 Å². The van der Waals surface area contributed by atoms with E-state index in [9.17, 15) is 4.79 Å². The summed E-state index contributed by atoms with van der Waals surface area (Å²) < 4.78 is 2.38. The third-order valence-corrected chi connectivity index (χ3v) is 4.22. The predicted octanol–water partition coefficient (Wildman–Crippen LogP) is 3.96. The minimum atomic E-state index is 0.227. The van der Waals surface area contributed by atoms with E-state index < -0.39 is 0 Å². The molecule has 0 saturated heterocycles. The Hall–Kier alpha value is -1.57. The summed E-state index contributed by atoms with van der Waals surface area (Å²) in [7, 11) is 0. The summed E-state index contributed by atoms with van der Waals surface area (Å²) in [5.41, 5.74) is 2.43. The number of ketones is 1. The quantitative estimate of drug-likeness (QED) is 0.810. The Labute approximate surface area is 114 Å². The average Bonchev–Trinajstić information content (AvgIpc) is 2.99. The van der Waals surface area contributed by atoms with Crippen LogP contribution in [0.5, 0.6) is 0 Å². The summed E-state index contributed by atoms with van der Waals surface area (Å²) >= 11 is 0. The fourth-order valence-electron chi connectivity index (χ4n) is 3.28. The molecule has 0 amide bonds. The molecule has 1 aliphatic rings. The molecule has 0 spiro atoms. The summed E-state index contributed by atoms with van der Waals surface area (Å²) in [5.74, 6) is 1.08. The van der Waals surface area contributed by atoms with Gasteiger partial charge in [-0.05, 0) is 54.8 Å². The molecule has 0 atom stereocenters. The SMILES string of the molecule is CC(=O)Cc1ccc2c(ccn2CC2CCCC2)c1. The van der Waals surface area contributed by atoms with Crippen LogP contribution in [0.4, 0.5) is 0 Å². The highest BCUT2D eigenvalue weighted by atomic mass is 16.1. The average molecular weight is 255 g/mol. The van der Waals surface area contributed by atoms with Crippen LogP contribution in [0.3, 0.4) is 0 Å². The van der Waals surface area contributed by atoms with E-state index in [2.05, 4.69) is 35.0 Å². The molecule has 2 heteroatoms. The van der Waals surface area contributed by atoms with Gasteiger partial charge in [-0.15, -0.1) is 0 Å². The van der Waals surface area contributed by atoms with Crippen molar-refractivity contribution < 1.29 is 4.79 Å². The van der Waals surface area contributed by atoms with E-state index in [1.165, 1.54) is 36.6 Å². The van der Waals surface area contributed by atoms with Gasteiger partial charge in [-0.3, -0.25) is 4.79 Å². The smallest absolute Gasteiger partial charge is 0.134 e. The van der Waals surface area contributed by atoms with Gasteiger partial charge in [-0.25, -0.2) is 0 Å². The van der Waals surface area contributed by atoms with E-state index in [1.807, 2.05) is 0 Å². The lowest BCUT2D eigenvalue weighted by Gasteiger charge is -2.11. The second-order valence-corrected chi connectivity index (χ2v) is 5.89. The van der Waals surface area contributed by atoms with Crippen molar-refractivity contribution in [2.24, 2.45) is 5.92 Å². The van der Waals surface area contributed by atoms with E-state index >= 15 is 0 Å². The van der Waals surface area contributed by atoms with Crippen LogP contribution >= 0.6 is 0 Å². The van der Waals surface area contributed by atoms with Gasteiger partial charge >= 0.3 is 0 Å². The minimum Gasteiger partial charge on any atom is -0.347 e. The zero-order valence-electron chi connectivity index (χ0n) is 11.6. The number of hydrogen-bond acceptors (Lipinski definition) is 1. The van der Waals surface area contributed by atoms with Crippen molar-refractivity contribution in [2.75, 3.05) is 0 Å². The normalized spacial score (nSPS) is 16.3. The van der Waals surface area contributed by atoms with Gasteiger partial charge in [0.1, 0.15) is 5.78 Å². The number of aromatic nitrogens is 1. The Morgan fingerprint density at radius 3 is 2.79 bits per heavy atom.